The van der Waals surface area contributed by atoms with E-state index in [0.717, 1.165) is 16.7 Å². The van der Waals surface area contributed by atoms with Gasteiger partial charge in [0.15, 0.2) is 0 Å². The number of nitrogens with one attached hydrogen (secondary N) is 1. The van der Waals surface area contributed by atoms with Crippen LogP contribution in [0.3, 0.4) is 0 Å². The largest absolute Gasteiger partial charge is 0.480 e. The highest BCUT2D eigenvalue weighted by atomic mass is 35.5. The molecule has 1 amide bonds. The van der Waals surface area contributed by atoms with Crippen LogP contribution >= 0.6 is 12.4 Å². The molecule has 0 aliphatic carbocycles. The minimum atomic E-state index is -1.06. The number of furan rings is 1. The van der Waals surface area contributed by atoms with E-state index in [4.69, 9.17) is 9.52 Å². The minimum Gasteiger partial charge on any atom is -0.480 e. The van der Waals surface area contributed by atoms with Crippen molar-refractivity contribution >= 4 is 35.3 Å². The molecule has 21 heavy (non-hydrogen) atoms. The maximum Gasteiger partial charge on any atom is 0.322 e. The molecule has 0 bridgehead atoms. The van der Waals surface area contributed by atoms with Crippen molar-refractivity contribution in [3.05, 3.63) is 36.1 Å². The van der Waals surface area contributed by atoms with Crippen LogP contribution < -0.4 is 5.32 Å². The second-order valence-corrected chi connectivity index (χ2v) is 4.59. The normalized spacial score (nSPS) is 10.4. The molecule has 0 unspecified atom stereocenters. The summed E-state index contributed by atoms with van der Waals surface area (Å²) in [4.78, 5) is 23.6. The lowest BCUT2D eigenvalue weighted by Gasteiger charge is -2.14. The molecular weight excluding hydrogens is 296 g/mol. The van der Waals surface area contributed by atoms with Crippen LogP contribution in [0, 0.1) is 0 Å². The third-order valence-electron chi connectivity index (χ3n) is 2.75. The molecule has 1 aromatic heterocycles. The number of para-hydroxylation sites is 1. The lowest BCUT2D eigenvalue weighted by molar-refractivity contribution is -0.138. The van der Waals surface area contributed by atoms with Crippen molar-refractivity contribution in [2.45, 2.75) is 6.54 Å². The highest BCUT2D eigenvalue weighted by Gasteiger charge is 2.10. The Hall–Kier alpha value is -2.05. The maximum atomic E-state index is 11.5. The standard InChI is InChI=1S/C14H16N2O4.ClH/c1-16(9-13(17)15-7-14(18)19)8-11-6-10-4-2-3-5-12(10)20-11;/h2-6H,7-9H2,1H3,(H,15,17)(H,18,19);1H. The number of carboxylic acids is 1. The third-order valence-corrected chi connectivity index (χ3v) is 2.75. The highest BCUT2D eigenvalue weighted by molar-refractivity contribution is 5.85. The molecule has 0 saturated carbocycles. The number of hydrogen-bond donors (Lipinski definition) is 2. The Morgan fingerprint density at radius 3 is 2.71 bits per heavy atom. The van der Waals surface area contributed by atoms with Gasteiger partial charge < -0.3 is 14.8 Å². The Morgan fingerprint density at radius 2 is 2.05 bits per heavy atom. The van der Waals surface area contributed by atoms with Gasteiger partial charge in [-0.15, -0.1) is 12.4 Å². The Kier molecular flexibility index (Phi) is 6.20. The number of carbonyl (C=O) groups excluding carboxylic acids is 1. The predicted molar refractivity (Wildman–Crippen MR) is 80.4 cm³/mol. The number of likely N-dealkylation sites (N-methyl/N-ethyl adjacent to an activating group) is 1. The van der Waals surface area contributed by atoms with Gasteiger partial charge in [0, 0.05) is 5.39 Å². The fourth-order valence-electron chi connectivity index (χ4n) is 1.91. The lowest BCUT2D eigenvalue weighted by atomic mass is 10.2. The molecule has 7 heteroatoms. The van der Waals surface area contributed by atoms with Crippen LogP contribution in [0.5, 0.6) is 0 Å². The van der Waals surface area contributed by atoms with E-state index in [0.29, 0.717) is 6.54 Å². The van der Waals surface area contributed by atoms with Crippen LogP contribution in [-0.4, -0.2) is 42.0 Å². The van der Waals surface area contributed by atoms with Crippen LogP contribution in [0.25, 0.3) is 11.0 Å². The molecule has 2 rings (SSSR count). The van der Waals surface area contributed by atoms with Gasteiger partial charge in [-0.1, -0.05) is 18.2 Å². The second-order valence-electron chi connectivity index (χ2n) is 4.59. The van der Waals surface area contributed by atoms with Gasteiger partial charge in [0.1, 0.15) is 17.9 Å². The van der Waals surface area contributed by atoms with Gasteiger partial charge >= 0.3 is 5.97 Å². The maximum absolute atomic E-state index is 11.5. The predicted octanol–water partition coefficient (Wildman–Crippen LogP) is 1.49. The second kappa shape index (κ2) is 7.66. The molecule has 0 aliphatic rings. The van der Waals surface area contributed by atoms with Gasteiger partial charge in [0.25, 0.3) is 0 Å². The number of rotatable bonds is 6. The summed E-state index contributed by atoms with van der Waals surface area (Å²) in [5, 5.41) is 11.8. The molecule has 2 N–H and O–H groups in total. The van der Waals surface area contributed by atoms with Crippen LogP contribution in [0.4, 0.5) is 0 Å². The third kappa shape index (κ3) is 5.09. The summed E-state index contributed by atoms with van der Waals surface area (Å²) in [5.41, 5.74) is 0.811. The van der Waals surface area contributed by atoms with Crippen molar-refractivity contribution in [2.75, 3.05) is 20.1 Å². The fraction of sp³-hybridized carbons (Fsp3) is 0.286. The Labute approximate surface area is 128 Å². The van der Waals surface area contributed by atoms with Gasteiger partial charge in [-0.25, -0.2) is 0 Å². The Morgan fingerprint density at radius 1 is 1.33 bits per heavy atom. The summed E-state index contributed by atoms with van der Waals surface area (Å²) in [6.07, 6.45) is 0. The molecule has 1 aromatic carbocycles. The van der Waals surface area contributed by atoms with Crippen molar-refractivity contribution < 1.29 is 19.1 Å². The van der Waals surface area contributed by atoms with Gasteiger partial charge in [0.2, 0.25) is 5.91 Å². The Balaban J connectivity index is 0.00000220. The number of carboxylic acid groups (broad SMARTS) is 1. The molecule has 0 radical (unpaired) electrons. The monoisotopic (exact) mass is 312 g/mol. The van der Waals surface area contributed by atoms with E-state index >= 15 is 0 Å². The number of carbonyl (C=O) groups is 2. The summed E-state index contributed by atoms with van der Waals surface area (Å²) in [7, 11) is 1.77. The van der Waals surface area contributed by atoms with Crippen molar-refractivity contribution in [2.24, 2.45) is 0 Å². The smallest absolute Gasteiger partial charge is 0.322 e. The van der Waals surface area contributed by atoms with Gasteiger partial charge in [0.05, 0.1) is 13.1 Å². The first-order valence-corrected chi connectivity index (χ1v) is 6.19. The average Bonchev–Trinajstić information content (AvgIpc) is 2.78. The molecule has 0 fully saturated rings. The van der Waals surface area contributed by atoms with Gasteiger partial charge in [-0.3, -0.25) is 14.5 Å². The molecule has 1 heterocycles. The molecule has 0 saturated heterocycles. The van der Waals surface area contributed by atoms with Crippen molar-refractivity contribution in [3.63, 3.8) is 0 Å². The van der Waals surface area contributed by atoms with E-state index in [2.05, 4.69) is 5.32 Å². The van der Waals surface area contributed by atoms with E-state index < -0.39 is 5.97 Å². The molecule has 0 spiro atoms. The SMILES string of the molecule is CN(CC(=O)NCC(=O)O)Cc1cc2ccccc2o1.Cl. The molecule has 114 valence electrons. The minimum absolute atomic E-state index is 0. The first-order valence-electron chi connectivity index (χ1n) is 6.19. The number of benzene rings is 1. The zero-order valence-corrected chi connectivity index (χ0v) is 12.4. The molecular formula is C14H17ClN2O4. The summed E-state index contributed by atoms with van der Waals surface area (Å²) in [5.74, 6) is -0.621. The average molecular weight is 313 g/mol. The van der Waals surface area contributed by atoms with Crippen molar-refractivity contribution in [1.82, 2.24) is 10.2 Å². The molecule has 0 atom stereocenters. The summed E-state index contributed by atoms with van der Waals surface area (Å²) in [6, 6.07) is 9.62. The number of halogens is 1. The van der Waals surface area contributed by atoms with E-state index in [1.165, 1.54) is 0 Å². The summed E-state index contributed by atoms with van der Waals surface area (Å²) in [6.45, 7) is 0.233. The quantitative estimate of drug-likeness (QED) is 0.844. The fourth-order valence-corrected chi connectivity index (χ4v) is 1.91. The van der Waals surface area contributed by atoms with E-state index in [-0.39, 0.29) is 31.4 Å². The molecule has 6 nitrogen and oxygen atoms in total. The number of aliphatic carboxylic acids is 1. The van der Waals surface area contributed by atoms with Crippen LogP contribution in [0.2, 0.25) is 0 Å². The van der Waals surface area contributed by atoms with Crippen LogP contribution in [0.1, 0.15) is 5.76 Å². The molecule has 0 aliphatic heterocycles. The zero-order chi connectivity index (χ0) is 14.5. The van der Waals surface area contributed by atoms with Crippen molar-refractivity contribution in [3.8, 4) is 0 Å². The number of fused-ring (bicyclic) bond motifs is 1. The van der Waals surface area contributed by atoms with E-state index in [1.54, 1.807) is 11.9 Å². The number of nitrogens with zero attached hydrogens (tertiary/aromatic N) is 1. The number of hydrogen-bond acceptors (Lipinski definition) is 4. The summed E-state index contributed by atoms with van der Waals surface area (Å²) >= 11 is 0. The highest BCUT2D eigenvalue weighted by Crippen LogP contribution is 2.19. The van der Waals surface area contributed by atoms with Crippen molar-refractivity contribution in [1.29, 1.82) is 0 Å². The topological polar surface area (TPSA) is 82.8 Å². The zero-order valence-electron chi connectivity index (χ0n) is 11.5. The first kappa shape index (κ1) is 17.0. The summed E-state index contributed by atoms with van der Waals surface area (Å²) < 4.78 is 5.65. The van der Waals surface area contributed by atoms with E-state index in [9.17, 15) is 9.59 Å². The molecule has 2 aromatic rings. The first-order chi connectivity index (χ1) is 9.54. The van der Waals surface area contributed by atoms with Gasteiger partial charge in [-0.05, 0) is 19.2 Å². The lowest BCUT2D eigenvalue weighted by Crippen LogP contribution is -2.37. The number of amides is 1. The van der Waals surface area contributed by atoms with Gasteiger partial charge in [-0.2, -0.15) is 0 Å². The van der Waals surface area contributed by atoms with Crippen LogP contribution in [-0.2, 0) is 16.1 Å². The van der Waals surface area contributed by atoms with E-state index in [1.807, 2.05) is 30.3 Å². The Bertz CT molecular complexity index is 593. The van der Waals surface area contributed by atoms with Crippen LogP contribution in [0.15, 0.2) is 34.7 Å².